The van der Waals surface area contributed by atoms with E-state index in [-0.39, 0.29) is 17.4 Å². The second-order valence-corrected chi connectivity index (χ2v) is 7.69. The van der Waals surface area contributed by atoms with Crippen molar-refractivity contribution in [2.75, 3.05) is 26.2 Å². The Hall–Kier alpha value is -0.650. The van der Waals surface area contributed by atoms with Crippen molar-refractivity contribution in [3.8, 4) is 0 Å². The number of amides is 1. The molecule has 3 unspecified atom stereocenters. The second kappa shape index (κ2) is 7.49. The van der Waals surface area contributed by atoms with Gasteiger partial charge >= 0.3 is 0 Å². The maximum atomic E-state index is 12.6. The van der Waals surface area contributed by atoms with Gasteiger partial charge in [-0.15, -0.1) is 0 Å². The summed E-state index contributed by atoms with van der Waals surface area (Å²) in [6.07, 6.45) is 5.77. The van der Waals surface area contributed by atoms with Gasteiger partial charge in [0.25, 0.3) is 0 Å². The van der Waals surface area contributed by atoms with Crippen LogP contribution in [-0.4, -0.2) is 54.7 Å². The van der Waals surface area contributed by atoms with E-state index in [9.17, 15) is 4.79 Å². The molecule has 1 heterocycles. The fourth-order valence-corrected chi connectivity index (χ4v) is 4.11. The maximum Gasteiger partial charge on any atom is 0.240 e. The van der Waals surface area contributed by atoms with Gasteiger partial charge in [-0.2, -0.15) is 0 Å². The summed E-state index contributed by atoms with van der Waals surface area (Å²) in [5, 5.41) is 3.07. The number of carbonyl (C=O) groups is 1. The van der Waals surface area contributed by atoms with Crippen molar-refractivity contribution >= 4 is 5.91 Å². The number of nitrogens with one attached hydrogen (secondary N) is 1. The van der Waals surface area contributed by atoms with Gasteiger partial charge in [-0.3, -0.25) is 9.69 Å². The summed E-state index contributed by atoms with van der Waals surface area (Å²) in [6.45, 7) is 11.7. The first-order valence-corrected chi connectivity index (χ1v) is 9.29. The Morgan fingerprint density at radius 2 is 2.09 bits per heavy atom. The molecule has 3 N–H and O–H groups in total. The van der Waals surface area contributed by atoms with Crippen LogP contribution < -0.4 is 11.1 Å². The standard InChI is InChI=1S/C18H35N3O2/c1-5-14-9-7-8-11-21(14)12-10-20-16(22)18(19)13-15(23-6-2)17(18,3)4/h14-15H,5-13,19H2,1-4H3,(H,20,22). The molecule has 1 saturated carbocycles. The molecule has 5 nitrogen and oxygen atoms in total. The van der Waals surface area contributed by atoms with E-state index < -0.39 is 5.54 Å². The summed E-state index contributed by atoms with van der Waals surface area (Å²) in [6, 6.07) is 0.676. The van der Waals surface area contributed by atoms with Gasteiger partial charge in [0.05, 0.1) is 6.10 Å². The topological polar surface area (TPSA) is 67.6 Å². The number of hydrogen-bond acceptors (Lipinski definition) is 4. The van der Waals surface area contributed by atoms with Crippen LogP contribution in [0.3, 0.4) is 0 Å². The van der Waals surface area contributed by atoms with E-state index in [1.807, 2.05) is 20.8 Å². The van der Waals surface area contributed by atoms with Gasteiger partial charge in [0.1, 0.15) is 5.54 Å². The molecule has 0 aromatic carbocycles. The molecule has 2 fully saturated rings. The SMILES string of the molecule is CCOC1CC(N)(C(=O)NCCN2CCCCC2CC)C1(C)C. The van der Waals surface area contributed by atoms with E-state index in [0.29, 0.717) is 25.6 Å². The molecule has 1 aliphatic heterocycles. The Balaban J connectivity index is 1.81. The van der Waals surface area contributed by atoms with E-state index in [4.69, 9.17) is 10.5 Å². The van der Waals surface area contributed by atoms with E-state index in [2.05, 4.69) is 17.1 Å². The van der Waals surface area contributed by atoms with Gasteiger partial charge in [-0.1, -0.05) is 27.2 Å². The Bertz CT molecular complexity index is 413. The zero-order valence-corrected chi connectivity index (χ0v) is 15.4. The monoisotopic (exact) mass is 325 g/mol. The lowest BCUT2D eigenvalue weighted by Crippen LogP contribution is -2.76. The van der Waals surface area contributed by atoms with Gasteiger partial charge in [0.2, 0.25) is 5.91 Å². The molecule has 2 rings (SSSR count). The molecule has 0 aromatic heterocycles. The number of nitrogens with two attached hydrogens (primary N) is 1. The Morgan fingerprint density at radius 3 is 2.70 bits per heavy atom. The number of likely N-dealkylation sites (tertiary alicyclic amines) is 1. The number of piperidine rings is 1. The van der Waals surface area contributed by atoms with Crippen molar-refractivity contribution in [3.05, 3.63) is 0 Å². The Morgan fingerprint density at radius 1 is 1.35 bits per heavy atom. The lowest BCUT2D eigenvalue weighted by atomic mass is 9.54. The lowest BCUT2D eigenvalue weighted by molar-refractivity contribution is -0.170. The van der Waals surface area contributed by atoms with Crippen LogP contribution in [0.15, 0.2) is 0 Å². The number of carbonyl (C=O) groups excluding carboxylic acids is 1. The third kappa shape index (κ3) is 3.57. The van der Waals surface area contributed by atoms with E-state index in [1.165, 1.54) is 25.7 Å². The Labute approximate surface area is 141 Å². The molecule has 0 radical (unpaired) electrons. The molecular formula is C18H35N3O2. The average Bonchev–Trinajstić information content (AvgIpc) is 2.54. The van der Waals surface area contributed by atoms with E-state index in [1.54, 1.807) is 0 Å². The van der Waals surface area contributed by atoms with Crippen molar-refractivity contribution in [3.63, 3.8) is 0 Å². The van der Waals surface area contributed by atoms with Gasteiger partial charge in [-0.25, -0.2) is 0 Å². The van der Waals surface area contributed by atoms with E-state index >= 15 is 0 Å². The average molecular weight is 325 g/mol. The summed E-state index contributed by atoms with van der Waals surface area (Å²) in [5.41, 5.74) is 5.29. The highest BCUT2D eigenvalue weighted by Gasteiger charge is 2.62. The van der Waals surface area contributed by atoms with Gasteiger partial charge in [0.15, 0.2) is 0 Å². The molecular weight excluding hydrogens is 290 g/mol. The van der Waals surface area contributed by atoms with Crippen LogP contribution in [0.1, 0.15) is 59.8 Å². The van der Waals surface area contributed by atoms with Crippen LogP contribution in [-0.2, 0) is 9.53 Å². The molecule has 0 aromatic rings. The third-order valence-corrected chi connectivity index (χ3v) is 6.14. The van der Waals surface area contributed by atoms with Crippen LogP contribution in [0.25, 0.3) is 0 Å². The zero-order valence-electron chi connectivity index (χ0n) is 15.4. The quantitative estimate of drug-likeness (QED) is 0.750. The summed E-state index contributed by atoms with van der Waals surface area (Å²) in [7, 11) is 0. The van der Waals surface area contributed by atoms with Crippen molar-refractivity contribution in [2.24, 2.45) is 11.1 Å². The minimum atomic E-state index is -0.807. The lowest BCUT2D eigenvalue weighted by Gasteiger charge is -2.57. The normalized spacial score (nSPS) is 34.0. The first-order chi connectivity index (χ1) is 10.9. The van der Waals surface area contributed by atoms with Crippen molar-refractivity contribution in [1.82, 2.24) is 10.2 Å². The molecule has 23 heavy (non-hydrogen) atoms. The number of rotatable bonds is 7. The molecule has 2 aliphatic rings. The summed E-state index contributed by atoms with van der Waals surface area (Å²) in [4.78, 5) is 15.1. The van der Waals surface area contributed by atoms with Crippen LogP contribution in [0, 0.1) is 5.41 Å². The smallest absolute Gasteiger partial charge is 0.240 e. The third-order valence-electron chi connectivity index (χ3n) is 6.14. The van der Waals surface area contributed by atoms with Crippen LogP contribution in [0.4, 0.5) is 0 Å². The highest BCUT2D eigenvalue weighted by Crippen LogP contribution is 2.49. The molecule has 1 amide bonds. The molecule has 1 saturated heterocycles. The van der Waals surface area contributed by atoms with Gasteiger partial charge in [-0.05, 0) is 32.7 Å². The second-order valence-electron chi connectivity index (χ2n) is 7.69. The number of hydrogen-bond donors (Lipinski definition) is 2. The molecule has 3 atom stereocenters. The molecule has 0 spiro atoms. The summed E-state index contributed by atoms with van der Waals surface area (Å²) < 4.78 is 5.70. The predicted molar refractivity (Wildman–Crippen MR) is 93.2 cm³/mol. The highest BCUT2D eigenvalue weighted by atomic mass is 16.5. The Kier molecular flexibility index (Phi) is 6.09. The van der Waals surface area contributed by atoms with Crippen LogP contribution in [0.2, 0.25) is 0 Å². The van der Waals surface area contributed by atoms with Crippen molar-refractivity contribution in [1.29, 1.82) is 0 Å². The van der Waals surface area contributed by atoms with Crippen molar-refractivity contribution in [2.45, 2.75) is 77.5 Å². The van der Waals surface area contributed by atoms with Crippen LogP contribution in [0.5, 0.6) is 0 Å². The highest BCUT2D eigenvalue weighted by molar-refractivity contribution is 5.88. The molecule has 0 bridgehead atoms. The molecule has 134 valence electrons. The maximum absolute atomic E-state index is 12.6. The molecule has 5 heteroatoms. The van der Waals surface area contributed by atoms with Gasteiger partial charge < -0.3 is 15.8 Å². The minimum absolute atomic E-state index is 0.0245. The first kappa shape index (κ1) is 18.7. The van der Waals surface area contributed by atoms with E-state index in [0.717, 1.165) is 13.1 Å². The molecule has 1 aliphatic carbocycles. The largest absolute Gasteiger partial charge is 0.378 e. The fraction of sp³-hybridized carbons (Fsp3) is 0.944. The predicted octanol–water partition coefficient (Wildman–Crippen LogP) is 1.90. The van der Waals surface area contributed by atoms with Crippen LogP contribution >= 0.6 is 0 Å². The minimum Gasteiger partial charge on any atom is -0.378 e. The first-order valence-electron chi connectivity index (χ1n) is 9.29. The van der Waals surface area contributed by atoms with Gasteiger partial charge in [0, 0.05) is 37.6 Å². The zero-order chi connectivity index (χ0) is 17.1. The number of ether oxygens (including phenoxy) is 1. The fourth-order valence-electron chi connectivity index (χ4n) is 4.11. The summed E-state index contributed by atoms with van der Waals surface area (Å²) in [5.74, 6) is -0.0245. The summed E-state index contributed by atoms with van der Waals surface area (Å²) >= 11 is 0. The van der Waals surface area contributed by atoms with Crippen molar-refractivity contribution < 1.29 is 9.53 Å². The number of nitrogens with zero attached hydrogens (tertiary/aromatic N) is 1.